The Morgan fingerprint density at radius 2 is 2.16 bits per heavy atom. The summed E-state index contributed by atoms with van der Waals surface area (Å²) >= 11 is 0. The van der Waals surface area contributed by atoms with Crippen molar-refractivity contribution in [2.45, 2.75) is 26.3 Å². The molecule has 104 valence electrons. The molecule has 0 spiro atoms. The lowest BCUT2D eigenvalue weighted by molar-refractivity contribution is -0.383. The highest BCUT2D eigenvalue weighted by Gasteiger charge is 2.24. The van der Waals surface area contributed by atoms with Crippen molar-refractivity contribution in [2.75, 3.05) is 17.2 Å². The molecule has 0 aromatic carbocycles. The monoisotopic (exact) mass is 268 g/mol. The van der Waals surface area contributed by atoms with Gasteiger partial charge >= 0.3 is 5.69 Å². The predicted octanol–water partition coefficient (Wildman–Crippen LogP) is 0.492. The highest BCUT2D eigenvalue weighted by atomic mass is 16.6. The van der Waals surface area contributed by atoms with Crippen molar-refractivity contribution in [3.63, 3.8) is 0 Å². The molecule has 0 radical (unpaired) electrons. The van der Waals surface area contributed by atoms with Crippen LogP contribution < -0.4 is 16.4 Å². The van der Waals surface area contributed by atoms with Crippen molar-refractivity contribution in [2.24, 2.45) is 5.73 Å². The van der Waals surface area contributed by atoms with E-state index in [0.29, 0.717) is 6.54 Å². The summed E-state index contributed by atoms with van der Waals surface area (Å²) in [6.45, 7) is 3.96. The van der Waals surface area contributed by atoms with Gasteiger partial charge in [0.1, 0.15) is 12.4 Å². The number of rotatable bonds is 7. The van der Waals surface area contributed by atoms with Gasteiger partial charge in [0.2, 0.25) is 17.5 Å². The van der Waals surface area contributed by atoms with Gasteiger partial charge in [-0.25, -0.2) is 9.97 Å². The minimum absolute atomic E-state index is 0.0371. The van der Waals surface area contributed by atoms with E-state index in [1.54, 1.807) is 0 Å². The number of aromatic nitrogens is 2. The second-order valence-corrected chi connectivity index (χ2v) is 3.87. The van der Waals surface area contributed by atoms with Gasteiger partial charge in [-0.3, -0.25) is 14.9 Å². The van der Waals surface area contributed by atoms with Crippen molar-refractivity contribution in [1.82, 2.24) is 9.97 Å². The van der Waals surface area contributed by atoms with Crippen LogP contribution in [0.25, 0.3) is 0 Å². The normalized spacial score (nSPS) is 11.7. The lowest BCUT2D eigenvalue weighted by atomic mass is 10.3. The zero-order chi connectivity index (χ0) is 14.4. The summed E-state index contributed by atoms with van der Waals surface area (Å²) in [5.41, 5.74) is 4.80. The second kappa shape index (κ2) is 6.47. The van der Waals surface area contributed by atoms with Gasteiger partial charge in [-0.1, -0.05) is 6.92 Å². The predicted molar refractivity (Wildman–Crippen MR) is 69.7 cm³/mol. The van der Waals surface area contributed by atoms with Crippen molar-refractivity contribution in [3.05, 3.63) is 16.4 Å². The van der Waals surface area contributed by atoms with Crippen LogP contribution in [0.15, 0.2) is 6.33 Å². The molecule has 0 fully saturated rings. The molecule has 1 unspecified atom stereocenters. The maximum atomic E-state index is 11.1. The Morgan fingerprint density at radius 3 is 2.68 bits per heavy atom. The zero-order valence-electron chi connectivity index (χ0n) is 10.7. The molecule has 1 aromatic rings. The third-order valence-electron chi connectivity index (χ3n) is 2.33. The number of hydrogen-bond donors (Lipinski definition) is 3. The number of anilines is 2. The Hall–Kier alpha value is -2.45. The van der Waals surface area contributed by atoms with Crippen LogP contribution in [0, 0.1) is 10.1 Å². The highest BCUT2D eigenvalue weighted by molar-refractivity contribution is 5.83. The summed E-state index contributed by atoms with van der Waals surface area (Å²) < 4.78 is 0. The molecule has 0 saturated heterocycles. The van der Waals surface area contributed by atoms with Crippen LogP contribution in [0.5, 0.6) is 0 Å². The molecule has 0 aliphatic carbocycles. The molecule has 1 amide bonds. The van der Waals surface area contributed by atoms with Crippen LogP contribution >= 0.6 is 0 Å². The fourth-order valence-corrected chi connectivity index (χ4v) is 1.31. The number of carbonyl (C=O) groups is 1. The second-order valence-electron chi connectivity index (χ2n) is 3.87. The minimum Gasteiger partial charge on any atom is -0.368 e. The smallest absolute Gasteiger partial charge is 0.353 e. The number of carbonyl (C=O) groups excluding carboxylic acids is 1. The first-order valence-corrected chi connectivity index (χ1v) is 5.76. The Morgan fingerprint density at radius 1 is 1.53 bits per heavy atom. The highest BCUT2D eigenvalue weighted by Crippen LogP contribution is 2.29. The van der Waals surface area contributed by atoms with E-state index in [0.717, 1.165) is 6.42 Å². The van der Waals surface area contributed by atoms with E-state index in [9.17, 15) is 14.9 Å². The summed E-state index contributed by atoms with van der Waals surface area (Å²) in [5, 5.41) is 16.5. The molecule has 1 aromatic heterocycles. The van der Waals surface area contributed by atoms with Crippen LogP contribution in [-0.2, 0) is 4.79 Å². The van der Waals surface area contributed by atoms with Gasteiger partial charge in [0.05, 0.1) is 4.92 Å². The number of primary amides is 1. The first-order chi connectivity index (χ1) is 8.97. The van der Waals surface area contributed by atoms with E-state index >= 15 is 0 Å². The van der Waals surface area contributed by atoms with Gasteiger partial charge < -0.3 is 16.4 Å². The number of amides is 1. The number of nitrogens with two attached hydrogens (primary N) is 1. The molecule has 4 N–H and O–H groups in total. The third-order valence-corrected chi connectivity index (χ3v) is 2.33. The van der Waals surface area contributed by atoms with Crippen molar-refractivity contribution >= 4 is 23.2 Å². The molecule has 9 nitrogen and oxygen atoms in total. The molecule has 0 aliphatic rings. The molecule has 9 heteroatoms. The summed E-state index contributed by atoms with van der Waals surface area (Å²) in [7, 11) is 0. The van der Waals surface area contributed by atoms with Crippen LogP contribution in [-0.4, -0.2) is 33.4 Å². The molecule has 0 aliphatic heterocycles. The average molecular weight is 268 g/mol. The van der Waals surface area contributed by atoms with Gasteiger partial charge in [0, 0.05) is 6.54 Å². The van der Waals surface area contributed by atoms with Gasteiger partial charge in [-0.05, 0) is 13.3 Å². The van der Waals surface area contributed by atoms with Crippen LogP contribution in [0.4, 0.5) is 17.3 Å². The Bertz CT molecular complexity index is 478. The molecule has 0 bridgehead atoms. The SMILES string of the molecule is CCCNc1ncnc(NC(C)C(N)=O)c1[N+](=O)[O-]. The standard InChI is InChI=1S/C10H16N6O3/c1-3-4-12-9-7(16(18)19)10(14-5-13-9)15-6(2)8(11)17/h5-6H,3-4H2,1-2H3,(H2,11,17)(H2,12,13,14,15). The number of nitrogens with zero attached hydrogens (tertiary/aromatic N) is 3. The molecular formula is C10H16N6O3. The molecule has 0 saturated carbocycles. The van der Waals surface area contributed by atoms with E-state index < -0.39 is 16.9 Å². The van der Waals surface area contributed by atoms with Crippen molar-refractivity contribution < 1.29 is 9.72 Å². The molecule has 1 heterocycles. The topological polar surface area (TPSA) is 136 Å². The minimum atomic E-state index is -0.771. The fraction of sp³-hybridized carbons (Fsp3) is 0.500. The summed E-state index contributed by atoms with van der Waals surface area (Å²) in [6.07, 6.45) is 1.97. The Balaban J connectivity index is 3.09. The molecule has 1 rings (SSSR count). The molecular weight excluding hydrogens is 252 g/mol. The van der Waals surface area contributed by atoms with E-state index in [2.05, 4.69) is 20.6 Å². The van der Waals surface area contributed by atoms with E-state index in [1.165, 1.54) is 13.3 Å². The van der Waals surface area contributed by atoms with Gasteiger partial charge in [0.25, 0.3) is 0 Å². The molecule has 1 atom stereocenters. The van der Waals surface area contributed by atoms with Crippen LogP contribution in [0.2, 0.25) is 0 Å². The summed E-state index contributed by atoms with van der Waals surface area (Å²) in [4.78, 5) is 29.1. The quantitative estimate of drug-likeness (QED) is 0.483. The lowest BCUT2D eigenvalue weighted by Crippen LogP contribution is -2.33. The first kappa shape index (κ1) is 14.6. The Kier molecular flexibility index (Phi) is 4.98. The lowest BCUT2D eigenvalue weighted by Gasteiger charge is -2.12. The third kappa shape index (κ3) is 3.76. The van der Waals surface area contributed by atoms with E-state index in [1.807, 2.05) is 6.92 Å². The Labute approximate surface area is 109 Å². The average Bonchev–Trinajstić information content (AvgIpc) is 2.35. The first-order valence-electron chi connectivity index (χ1n) is 5.76. The number of nitro groups is 1. The van der Waals surface area contributed by atoms with Crippen LogP contribution in [0.3, 0.4) is 0 Å². The van der Waals surface area contributed by atoms with Crippen molar-refractivity contribution in [3.8, 4) is 0 Å². The van der Waals surface area contributed by atoms with Crippen LogP contribution in [0.1, 0.15) is 20.3 Å². The zero-order valence-corrected chi connectivity index (χ0v) is 10.7. The fourth-order valence-electron chi connectivity index (χ4n) is 1.31. The van der Waals surface area contributed by atoms with Gasteiger partial charge in [-0.15, -0.1) is 0 Å². The van der Waals surface area contributed by atoms with E-state index in [-0.39, 0.29) is 17.3 Å². The van der Waals surface area contributed by atoms with E-state index in [4.69, 9.17) is 5.73 Å². The summed E-state index contributed by atoms with van der Waals surface area (Å²) in [5.74, 6) is -0.554. The largest absolute Gasteiger partial charge is 0.368 e. The van der Waals surface area contributed by atoms with Gasteiger partial charge in [0.15, 0.2) is 0 Å². The van der Waals surface area contributed by atoms with Gasteiger partial charge in [-0.2, -0.15) is 0 Å². The number of hydrogen-bond acceptors (Lipinski definition) is 7. The summed E-state index contributed by atoms with van der Waals surface area (Å²) in [6, 6.07) is -0.771. The number of nitrogens with one attached hydrogen (secondary N) is 2. The maximum Gasteiger partial charge on any atom is 0.353 e. The van der Waals surface area contributed by atoms with Crippen molar-refractivity contribution in [1.29, 1.82) is 0 Å². The maximum absolute atomic E-state index is 11.1. The molecule has 19 heavy (non-hydrogen) atoms.